The third-order valence-corrected chi connectivity index (χ3v) is 2.59. The van der Waals surface area contributed by atoms with Crippen molar-refractivity contribution in [1.29, 1.82) is 0 Å². The van der Waals surface area contributed by atoms with Gasteiger partial charge in [-0.1, -0.05) is 0 Å². The Morgan fingerprint density at radius 1 is 1.05 bits per heavy atom. The summed E-state index contributed by atoms with van der Waals surface area (Å²) in [6.45, 7) is -0.647. The number of methoxy groups -OCH3 is 1. The van der Waals surface area contributed by atoms with Crippen molar-refractivity contribution in [3.05, 3.63) is 0 Å². The van der Waals surface area contributed by atoms with Gasteiger partial charge in [0, 0.05) is 13.5 Å². The third-order valence-electron chi connectivity index (χ3n) is 2.59. The molecule has 0 heterocycles. The zero-order chi connectivity index (χ0) is 15.2. The van der Waals surface area contributed by atoms with Crippen molar-refractivity contribution in [2.24, 2.45) is 0 Å². The van der Waals surface area contributed by atoms with Crippen LogP contribution in [0.1, 0.15) is 6.42 Å². The van der Waals surface area contributed by atoms with Crippen LogP contribution in [0.3, 0.4) is 0 Å². The molecule has 0 aromatic heterocycles. The lowest BCUT2D eigenvalue weighted by atomic mass is 9.96. The monoisotopic (exact) mass is 282 g/mol. The van der Waals surface area contributed by atoms with Gasteiger partial charge in [0.1, 0.15) is 24.4 Å². The molecule has 0 fully saturated rings. The molecule has 0 saturated carbocycles. The predicted octanol–water partition coefficient (Wildman–Crippen LogP) is -3.52. The summed E-state index contributed by atoms with van der Waals surface area (Å²) in [6, 6.07) is 0. The van der Waals surface area contributed by atoms with Crippen LogP contribution in [0.15, 0.2) is 0 Å². The highest BCUT2D eigenvalue weighted by atomic mass is 16.5. The Morgan fingerprint density at radius 2 is 1.58 bits per heavy atom. The Labute approximate surface area is 108 Å². The number of aliphatic carboxylic acids is 1. The second kappa shape index (κ2) is 8.15. The number of carboxylic acid groups (broad SMARTS) is 1. The lowest BCUT2D eigenvalue weighted by molar-refractivity contribution is -0.157. The number of ketones is 1. The smallest absolute Gasteiger partial charge is 0.372 e. The largest absolute Gasteiger partial charge is 0.475 e. The van der Waals surface area contributed by atoms with Crippen molar-refractivity contribution in [3.63, 3.8) is 0 Å². The Bertz CT molecular complexity index is 301. The van der Waals surface area contributed by atoms with Gasteiger partial charge in [-0.05, 0) is 0 Å². The lowest BCUT2D eigenvalue weighted by Gasteiger charge is -2.29. The van der Waals surface area contributed by atoms with Gasteiger partial charge in [0.2, 0.25) is 5.78 Å². The van der Waals surface area contributed by atoms with E-state index in [-0.39, 0.29) is 0 Å². The molecule has 9 heteroatoms. The van der Waals surface area contributed by atoms with Gasteiger partial charge >= 0.3 is 5.97 Å². The highest BCUT2D eigenvalue weighted by molar-refractivity contribution is 6.32. The van der Waals surface area contributed by atoms with Crippen molar-refractivity contribution in [1.82, 2.24) is 0 Å². The van der Waals surface area contributed by atoms with E-state index in [2.05, 4.69) is 4.74 Å². The van der Waals surface area contributed by atoms with Crippen LogP contribution >= 0.6 is 0 Å². The van der Waals surface area contributed by atoms with Gasteiger partial charge in [-0.3, -0.25) is 4.79 Å². The summed E-state index contributed by atoms with van der Waals surface area (Å²) in [6.07, 6.45) is -9.61. The van der Waals surface area contributed by atoms with E-state index >= 15 is 0 Å². The SMILES string of the molecule is CO[C@H](CO)[C@@H](O)[C@H](O)[C@H](O)[C@@H](O)CC(=O)C(=O)O. The highest BCUT2D eigenvalue weighted by Crippen LogP contribution is 2.12. The Morgan fingerprint density at radius 3 is 1.95 bits per heavy atom. The van der Waals surface area contributed by atoms with E-state index in [0.717, 1.165) is 7.11 Å². The molecule has 19 heavy (non-hydrogen) atoms. The Hall–Kier alpha value is -1.10. The zero-order valence-electron chi connectivity index (χ0n) is 10.2. The van der Waals surface area contributed by atoms with E-state index in [4.69, 9.17) is 10.2 Å². The number of aliphatic hydroxyl groups is 5. The van der Waals surface area contributed by atoms with Crippen molar-refractivity contribution < 1.29 is 45.0 Å². The number of carboxylic acids is 1. The molecule has 0 aliphatic rings. The zero-order valence-corrected chi connectivity index (χ0v) is 10.2. The summed E-state index contributed by atoms with van der Waals surface area (Å²) in [5.41, 5.74) is 0. The fourth-order valence-corrected chi connectivity index (χ4v) is 1.37. The second-order valence-electron chi connectivity index (χ2n) is 3.93. The molecule has 5 atom stereocenters. The molecule has 9 nitrogen and oxygen atoms in total. The molecule has 0 aliphatic carbocycles. The fourth-order valence-electron chi connectivity index (χ4n) is 1.37. The number of rotatable bonds is 9. The standard InChI is InChI=1S/C10H18O9/c1-19-6(3-11)8(15)9(16)7(14)4(12)2-5(13)10(17)18/h4,6-9,11-12,14-16H,2-3H2,1H3,(H,17,18)/t4-,6+,7+,8+,9+/m0/s1. The van der Waals surface area contributed by atoms with E-state index in [1.807, 2.05) is 0 Å². The fraction of sp³-hybridized carbons (Fsp3) is 0.800. The number of aliphatic hydroxyl groups excluding tert-OH is 5. The molecule has 0 aromatic carbocycles. The molecule has 0 bridgehead atoms. The van der Waals surface area contributed by atoms with Gasteiger partial charge in [0.05, 0.1) is 12.7 Å². The van der Waals surface area contributed by atoms with Crippen molar-refractivity contribution in [2.45, 2.75) is 36.9 Å². The summed E-state index contributed by atoms with van der Waals surface area (Å²) in [7, 11) is 1.15. The number of hydrogen-bond donors (Lipinski definition) is 6. The number of carbonyl (C=O) groups is 2. The molecule has 0 aliphatic heterocycles. The Balaban J connectivity index is 4.58. The molecular weight excluding hydrogens is 264 g/mol. The number of ether oxygens (including phenoxy) is 1. The van der Waals surface area contributed by atoms with Gasteiger partial charge in [0.15, 0.2) is 0 Å². The maximum Gasteiger partial charge on any atom is 0.372 e. The van der Waals surface area contributed by atoms with Gasteiger partial charge < -0.3 is 35.4 Å². The first-order valence-electron chi connectivity index (χ1n) is 5.38. The van der Waals surface area contributed by atoms with E-state index in [9.17, 15) is 30.0 Å². The minimum Gasteiger partial charge on any atom is -0.475 e. The van der Waals surface area contributed by atoms with Crippen LogP contribution in [0.4, 0.5) is 0 Å². The molecule has 112 valence electrons. The number of Topliss-reactive ketones (excluding diaryl/α,β-unsaturated/α-hetero) is 1. The molecule has 0 unspecified atom stereocenters. The van der Waals surface area contributed by atoms with Crippen LogP contribution in [0, 0.1) is 0 Å². The first-order valence-corrected chi connectivity index (χ1v) is 5.38. The topological polar surface area (TPSA) is 165 Å². The van der Waals surface area contributed by atoms with Gasteiger partial charge in [-0.15, -0.1) is 0 Å². The minimum absolute atomic E-state index is 0.647. The minimum atomic E-state index is -1.97. The average molecular weight is 282 g/mol. The van der Waals surface area contributed by atoms with E-state index < -0.39 is 55.3 Å². The van der Waals surface area contributed by atoms with Crippen molar-refractivity contribution in [3.8, 4) is 0 Å². The maximum absolute atomic E-state index is 10.8. The normalized spacial score (nSPS) is 19.3. The molecule has 0 rings (SSSR count). The van der Waals surface area contributed by atoms with Crippen molar-refractivity contribution >= 4 is 11.8 Å². The molecule has 0 saturated heterocycles. The van der Waals surface area contributed by atoms with E-state index in [1.165, 1.54) is 0 Å². The molecular formula is C10H18O9. The summed E-state index contributed by atoms with van der Waals surface area (Å²) >= 11 is 0. The van der Waals surface area contributed by atoms with Crippen LogP contribution < -0.4 is 0 Å². The predicted molar refractivity (Wildman–Crippen MR) is 59.2 cm³/mol. The Kier molecular flexibility index (Phi) is 7.68. The first kappa shape index (κ1) is 17.9. The van der Waals surface area contributed by atoms with Crippen LogP contribution in [-0.4, -0.2) is 86.6 Å². The molecule has 0 aromatic rings. The second-order valence-corrected chi connectivity index (χ2v) is 3.93. The molecule has 6 N–H and O–H groups in total. The summed E-state index contributed by atoms with van der Waals surface area (Å²) in [4.78, 5) is 21.1. The molecule has 0 radical (unpaired) electrons. The van der Waals surface area contributed by atoms with Gasteiger partial charge in [-0.2, -0.15) is 0 Å². The lowest BCUT2D eigenvalue weighted by Crippen LogP contribution is -2.51. The van der Waals surface area contributed by atoms with Crippen molar-refractivity contribution in [2.75, 3.05) is 13.7 Å². The number of carbonyl (C=O) groups excluding carboxylic acids is 1. The molecule has 0 amide bonds. The summed E-state index contributed by atoms with van der Waals surface area (Å²) in [5.74, 6) is -3.13. The van der Waals surface area contributed by atoms with Crippen LogP contribution in [0.5, 0.6) is 0 Å². The van der Waals surface area contributed by atoms with Crippen LogP contribution in [0.25, 0.3) is 0 Å². The number of hydrogen-bond acceptors (Lipinski definition) is 8. The van der Waals surface area contributed by atoms with Gasteiger partial charge in [0.25, 0.3) is 0 Å². The van der Waals surface area contributed by atoms with E-state index in [0.29, 0.717) is 0 Å². The summed E-state index contributed by atoms with van der Waals surface area (Å²) < 4.78 is 4.62. The quantitative estimate of drug-likeness (QED) is 0.235. The maximum atomic E-state index is 10.8. The van der Waals surface area contributed by atoms with E-state index in [1.54, 1.807) is 0 Å². The first-order chi connectivity index (χ1) is 8.76. The third kappa shape index (κ3) is 5.19. The average Bonchev–Trinajstić information content (AvgIpc) is 2.37. The van der Waals surface area contributed by atoms with Crippen LogP contribution in [0.2, 0.25) is 0 Å². The van der Waals surface area contributed by atoms with Crippen LogP contribution in [-0.2, 0) is 14.3 Å². The van der Waals surface area contributed by atoms with Gasteiger partial charge in [-0.25, -0.2) is 4.79 Å². The highest BCUT2D eigenvalue weighted by Gasteiger charge is 2.36. The summed E-state index contributed by atoms with van der Waals surface area (Å²) in [5, 5.41) is 55.1. The molecule has 0 spiro atoms.